The van der Waals surface area contributed by atoms with E-state index in [2.05, 4.69) is 15.2 Å². The minimum absolute atomic E-state index is 0.0669. The molecule has 0 bridgehead atoms. The minimum atomic E-state index is -0.294. The van der Waals surface area contributed by atoms with Crippen molar-refractivity contribution < 1.29 is 14.0 Å². The lowest BCUT2D eigenvalue weighted by atomic mass is 10.2. The summed E-state index contributed by atoms with van der Waals surface area (Å²) in [4.78, 5) is 32.5. The average molecular weight is 342 g/mol. The second-order valence-corrected chi connectivity index (χ2v) is 5.96. The molecular formula is C18H22N4O3. The molecule has 1 aliphatic heterocycles. The van der Waals surface area contributed by atoms with Crippen molar-refractivity contribution in [2.45, 2.75) is 13.0 Å². The van der Waals surface area contributed by atoms with Crippen LogP contribution in [-0.4, -0.2) is 59.3 Å². The Morgan fingerprint density at radius 3 is 2.64 bits per heavy atom. The molecule has 7 heteroatoms. The summed E-state index contributed by atoms with van der Waals surface area (Å²) in [7, 11) is 0. The molecule has 132 valence electrons. The van der Waals surface area contributed by atoms with E-state index in [1.807, 2.05) is 23.1 Å². The first kappa shape index (κ1) is 17.2. The zero-order valence-corrected chi connectivity index (χ0v) is 14.1. The molecule has 2 aromatic heterocycles. The Balaban J connectivity index is 1.36. The molecule has 0 unspecified atom stereocenters. The van der Waals surface area contributed by atoms with E-state index in [1.54, 1.807) is 18.3 Å². The van der Waals surface area contributed by atoms with Crippen LogP contribution in [0.4, 0.5) is 0 Å². The molecule has 1 saturated heterocycles. The van der Waals surface area contributed by atoms with E-state index >= 15 is 0 Å². The number of pyridine rings is 1. The van der Waals surface area contributed by atoms with Crippen molar-refractivity contribution in [3.63, 3.8) is 0 Å². The summed E-state index contributed by atoms with van der Waals surface area (Å²) >= 11 is 0. The molecule has 3 rings (SSSR count). The van der Waals surface area contributed by atoms with Crippen molar-refractivity contribution in [3.05, 3.63) is 54.2 Å². The first-order chi connectivity index (χ1) is 12.2. The quantitative estimate of drug-likeness (QED) is 0.852. The van der Waals surface area contributed by atoms with Crippen LogP contribution in [-0.2, 0) is 11.3 Å². The van der Waals surface area contributed by atoms with Crippen LogP contribution in [0.2, 0.25) is 0 Å². The van der Waals surface area contributed by atoms with Gasteiger partial charge < -0.3 is 14.6 Å². The highest BCUT2D eigenvalue weighted by atomic mass is 16.3. The van der Waals surface area contributed by atoms with Gasteiger partial charge in [-0.1, -0.05) is 6.07 Å². The van der Waals surface area contributed by atoms with Crippen molar-refractivity contribution in [2.75, 3.05) is 32.7 Å². The molecule has 2 amide bonds. The Hall–Kier alpha value is -2.67. The molecule has 1 fully saturated rings. The molecule has 0 radical (unpaired) electrons. The fraction of sp³-hybridized carbons (Fsp3) is 0.389. The van der Waals surface area contributed by atoms with Crippen molar-refractivity contribution in [3.8, 4) is 0 Å². The first-order valence-electron chi connectivity index (χ1n) is 8.44. The van der Waals surface area contributed by atoms with Gasteiger partial charge in [-0.05, 0) is 24.3 Å². The van der Waals surface area contributed by atoms with Crippen LogP contribution in [0, 0.1) is 0 Å². The largest absolute Gasteiger partial charge is 0.459 e. The highest BCUT2D eigenvalue weighted by Crippen LogP contribution is 2.08. The van der Waals surface area contributed by atoms with Gasteiger partial charge in [-0.25, -0.2) is 0 Å². The molecule has 0 aliphatic carbocycles. The molecule has 0 saturated carbocycles. The number of hydrogen-bond acceptors (Lipinski definition) is 5. The number of rotatable bonds is 6. The summed E-state index contributed by atoms with van der Waals surface area (Å²) in [6.45, 7) is 4.20. The molecule has 2 aromatic rings. The summed E-state index contributed by atoms with van der Waals surface area (Å²) in [5, 5.41) is 2.70. The van der Waals surface area contributed by atoms with Gasteiger partial charge in [-0.2, -0.15) is 0 Å². The molecule has 0 spiro atoms. The van der Waals surface area contributed by atoms with E-state index in [9.17, 15) is 9.59 Å². The topological polar surface area (TPSA) is 78.7 Å². The minimum Gasteiger partial charge on any atom is -0.459 e. The monoisotopic (exact) mass is 342 g/mol. The molecule has 3 heterocycles. The number of nitrogens with zero attached hydrogens (tertiary/aromatic N) is 3. The molecule has 1 N–H and O–H groups in total. The second kappa shape index (κ2) is 8.43. The number of furan rings is 1. The van der Waals surface area contributed by atoms with E-state index in [-0.39, 0.29) is 17.6 Å². The predicted octanol–water partition coefficient (Wildman–Crippen LogP) is 1.14. The fourth-order valence-corrected chi connectivity index (χ4v) is 2.81. The Kier molecular flexibility index (Phi) is 5.79. The van der Waals surface area contributed by atoms with E-state index in [1.165, 1.54) is 6.26 Å². The SMILES string of the molecule is O=C(NCCC(=O)N1CCN(Cc2ccccn2)CC1)c1ccco1. The van der Waals surface area contributed by atoms with Crippen molar-refractivity contribution >= 4 is 11.8 Å². The van der Waals surface area contributed by atoms with Crippen molar-refractivity contribution in [1.82, 2.24) is 20.1 Å². The number of nitrogens with one attached hydrogen (secondary N) is 1. The predicted molar refractivity (Wildman–Crippen MR) is 91.8 cm³/mol. The summed E-state index contributed by atoms with van der Waals surface area (Å²) in [6.07, 6.45) is 3.54. The van der Waals surface area contributed by atoms with Gasteiger partial charge in [0.05, 0.1) is 12.0 Å². The maximum absolute atomic E-state index is 12.3. The highest BCUT2D eigenvalue weighted by Gasteiger charge is 2.21. The number of aromatic nitrogens is 1. The molecule has 1 aliphatic rings. The molecule has 7 nitrogen and oxygen atoms in total. The molecular weight excluding hydrogens is 320 g/mol. The van der Waals surface area contributed by atoms with Crippen LogP contribution >= 0.6 is 0 Å². The first-order valence-corrected chi connectivity index (χ1v) is 8.44. The Labute approximate surface area is 146 Å². The van der Waals surface area contributed by atoms with Gasteiger partial charge in [0.15, 0.2) is 5.76 Å². The van der Waals surface area contributed by atoms with Gasteiger partial charge in [0.2, 0.25) is 5.91 Å². The summed E-state index contributed by atoms with van der Waals surface area (Å²) < 4.78 is 5.01. The van der Waals surface area contributed by atoms with Crippen LogP contribution in [0.1, 0.15) is 22.7 Å². The van der Waals surface area contributed by atoms with Gasteiger partial charge in [-0.15, -0.1) is 0 Å². The average Bonchev–Trinajstić information content (AvgIpc) is 3.18. The zero-order chi connectivity index (χ0) is 17.5. The van der Waals surface area contributed by atoms with Crippen LogP contribution in [0.3, 0.4) is 0 Å². The lowest BCUT2D eigenvalue weighted by molar-refractivity contribution is -0.132. The Morgan fingerprint density at radius 2 is 1.96 bits per heavy atom. The zero-order valence-electron chi connectivity index (χ0n) is 14.1. The van der Waals surface area contributed by atoms with Gasteiger partial charge in [0.1, 0.15) is 0 Å². The van der Waals surface area contributed by atoms with E-state index in [4.69, 9.17) is 4.42 Å². The van der Waals surface area contributed by atoms with E-state index in [0.29, 0.717) is 26.1 Å². The van der Waals surface area contributed by atoms with E-state index < -0.39 is 0 Å². The molecule has 0 aromatic carbocycles. The van der Waals surface area contributed by atoms with Crippen LogP contribution in [0.25, 0.3) is 0 Å². The number of carbonyl (C=O) groups excluding carboxylic acids is 2. The summed E-state index contributed by atoms with van der Waals surface area (Å²) in [5.41, 5.74) is 1.04. The maximum atomic E-state index is 12.3. The van der Waals surface area contributed by atoms with Gasteiger partial charge in [0, 0.05) is 51.9 Å². The summed E-state index contributed by atoms with van der Waals surface area (Å²) in [6, 6.07) is 9.16. The third-order valence-electron chi connectivity index (χ3n) is 4.21. The number of carbonyl (C=O) groups is 2. The number of amides is 2. The maximum Gasteiger partial charge on any atom is 0.286 e. The molecule has 0 atom stereocenters. The van der Waals surface area contributed by atoms with Gasteiger partial charge in [-0.3, -0.25) is 19.5 Å². The van der Waals surface area contributed by atoms with Crippen LogP contribution < -0.4 is 5.32 Å². The third-order valence-corrected chi connectivity index (χ3v) is 4.21. The van der Waals surface area contributed by atoms with E-state index in [0.717, 1.165) is 25.3 Å². The number of hydrogen-bond donors (Lipinski definition) is 1. The van der Waals surface area contributed by atoms with Gasteiger partial charge >= 0.3 is 0 Å². The summed E-state index contributed by atoms with van der Waals surface area (Å²) in [5.74, 6) is 0.0331. The van der Waals surface area contributed by atoms with Crippen molar-refractivity contribution in [2.24, 2.45) is 0 Å². The van der Waals surface area contributed by atoms with Gasteiger partial charge in [0.25, 0.3) is 5.91 Å². The second-order valence-electron chi connectivity index (χ2n) is 5.96. The highest BCUT2D eigenvalue weighted by molar-refractivity contribution is 5.91. The fourth-order valence-electron chi connectivity index (χ4n) is 2.81. The third kappa shape index (κ3) is 4.90. The smallest absolute Gasteiger partial charge is 0.286 e. The molecule has 25 heavy (non-hydrogen) atoms. The normalized spacial score (nSPS) is 15.1. The standard InChI is InChI=1S/C18H22N4O3/c23-17(6-8-20-18(24)16-5-3-13-25-16)22-11-9-21(10-12-22)14-15-4-1-2-7-19-15/h1-5,7,13H,6,8-12,14H2,(H,20,24). The Morgan fingerprint density at radius 1 is 1.12 bits per heavy atom. The van der Waals surface area contributed by atoms with Crippen LogP contribution in [0.15, 0.2) is 47.2 Å². The lowest BCUT2D eigenvalue weighted by Gasteiger charge is -2.34. The lowest BCUT2D eigenvalue weighted by Crippen LogP contribution is -2.48. The Bertz CT molecular complexity index is 680. The van der Waals surface area contributed by atoms with Crippen LogP contribution in [0.5, 0.6) is 0 Å². The van der Waals surface area contributed by atoms with Crippen molar-refractivity contribution in [1.29, 1.82) is 0 Å². The number of piperazine rings is 1.